The lowest BCUT2D eigenvalue weighted by Gasteiger charge is -2.24. The van der Waals surface area contributed by atoms with Crippen LogP contribution in [0.25, 0.3) is 0 Å². The summed E-state index contributed by atoms with van der Waals surface area (Å²) < 4.78 is 11.1. The van der Waals surface area contributed by atoms with Crippen LogP contribution in [-0.2, 0) is 9.59 Å². The summed E-state index contributed by atoms with van der Waals surface area (Å²) in [6.07, 6.45) is 0.571. The third kappa shape index (κ3) is 3.69. The lowest BCUT2D eigenvalue weighted by Crippen LogP contribution is -2.39. The molecule has 0 fully saturated rings. The lowest BCUT2D eigenvalue weighted by atomic mass is 10.1. The Labute approximate surface area is 162 Å². The van der Waals surface area contributed by atoms with Gasteiger partial charge in [0.2, 0.25) is 5.91 Å². The summed E-state index contributed by atoms with van der Waals surface area (Å²) in [6, 6.07) is 14.5. The highest BCUT2D eigenvalue weighted by Crippen LogP contribution is 2.32. The predicted octanol–water partition coefficient (Wildman–Crippen LogP) is 2.82. The van der Waals surface area contributed by atoms with Crippen molar-refractivity contribution < 1.29 is 19.1 Å². The molecule has 4 rings (SSSR count). The number of rotatable bonds is 4. The number of nitrogens with one attached hydrogen (secondary N) is 1. The van der Waals surface area contributed by atoms with Crippen molar-refractivity contribution in [2.75, 3.05) is 18.2 Å². The molecule has 28 heavy (non-hydrogen) atoms. The Morgan fingerprint density at radius 3 is 2.61 bits per heavy atom. The molecule has 2 aromatic carbocycles. The zero-order valence-electron chi connectivity index (χ0n) is 15.6. The van der Waals surface area contributed by atoms with E-state index in [2.05, 4.69) is 10.4 Å². The van der Waals surface area contributed by atoms with Crippen molar-refractivity contribution in [3.8, 4) is 11.5 Å². The minimum atomic E-state index is -0.282. The summed E-state index contributed by atoms with van der Waals surface area (Å²) in [6.45, 7) is 2.94. The maximum absolute atomic E-state index is 12.7. The molecule has 2 aromatic rings. The minimum absolute atomic E-state index is 0.123. The number of hydrogen-bond donors (Lipinski definition) is 1. The molecule has 0 saturated heterocycles. The number of nitrogens with zero attached hydrogens (tertiary/aromatic N) is 2. The molecule has 7 heteroatoms. The Morgan fingerprint density at radius 1 is 1.07 bits per heavy atom. The number of benzene rings is 2. The smallest absolute Gasteiger partial charge is 0.267 e. The van der Waals surface area contributed by atoms with Crippen molar-refractivity contribution in [2.24, 2.45) is 5.10 Å². The monoisotopic (exact) mass is 379 g/mol. The highest BCUT2D eigenvalue weighted by Gasteiger charge is 2.26. The predicted molar refractivity (Wildman–Crippen MR) is 105 cm³/mol. The summed E-state index contributed by atoms with van der Waals surface area (Å²) in [5.41, 5.74) is 1.90. The molecule has 0 spiro atoms. The van der Waals surface area contributed by atoms with Crippen LogP contribution < -0.4 is 19.8 Å². The van der Waals surface area contributed by atoms with Gasteiger partial charge in [0.05, 0.1) is 11.7 Å². The van der Waals surface area contributed by atoms with Crippen LogP contribution in [0.3, 0.4) is 0 Å². The van der Waals surface area contributed by atoms with Gasteiger partial charge in [-0.3, -0.25) is 9.59 Å². The van der Waals surface area contributed by atoms with E-state index in [1.165, 1.54) is 5.01 Å². The van der Waals surface area contributed by atoms with Gasteiger partial charge >= 0.3 is 0 Å². The van der Waals surface area contributed by atoms with E-state index < -0.39 is 0 Å². The van der Waals surface area contributed by atoms with Gasteiger partial charge in [0.25, 0.3) is 5.91 Å². The van der Waals surface area contributed by atoms with Crippen LogP contribution in [0.15, 0.2) is 53.6 Å². The molecule has 7 nitrogen and oxygen atoms in total. The van der Waals surface area contributed by atoms with Gasteiger partial charge in [0.15, 0.2) is 11.5 Å². The van der Waals surface area contributed by atoms with E-state index in [1.54, 1.807) is 12.1 Å². The van der Waals surface area contributed by atoms with Gasteiger partial charge in [-0.05, 0) is 36.8 Å². The zero-order valence-corrected chi connectivity index (χ0v) is 15.6. The van der Waals surface area contributed by atoms with Gasteiger partial charge < -0.3 is 14.8 Å². The molecule has 144 valence electrons. The quantitative estimate of drug-likeness (QED) is 0.886. The molecule has 0 radical (unpaired) electrons. The van der Waals surface area contributed by atoms with Crippen LogP contribution in [0.2, 0.25) is 0 Å². The van der Waals surface area contributed by atoms with Crippen molar-refractivity contribution in [3.05, 3.63) is 54.1 Å². The number of amides is 2. The summed E-state index contributed by atoms with van der Waals surface area (Å²) in [5, 5.41) is 8.55. The third-order valence-corrected chi connectivity index (χ3v) is 4.71. The third-order valence-electron chi connectivity index (χ3n) is 4.71. The van der Waals surface area contributed by atoms with E-state index in [1.807, 2.05) is 43.3 Å². The molecule has 1 N–H and O–H groups in total. The summed E-state index contributed by atoms with van der Waals surface area (Å²) in [7, 11) is 0. The lowest BCUT2D eigenvalue weighted by molar-refractivity contribution is -0.119. The van der Waals surface area contributed by atoms with Crippen LogP contribution in [0, 0.1) is 0 Å². The molecule has 0 aliphatic carbocycles. The number of hydrazone groups is 1. The number of anilines is 1. The number of carbonyl (C=O) groups is 2. The topological polar surface area (TPSA) is 80.2 Å². The van der Waals surface area contributed by atoms with E-state index in [0.717, 1.165) is 5.56 Å². The molecule has 1 atom stereocenters. The van der Waals surface area contributed by atoms with E-state index >= 15 is 0 Å². The zero-order chi connectivity index (χ0) is 19.5. The highest BCUT2D eigenvalue weighted by molar-refractivity contribution is 6.40. The first-order chi connectivity index (χ1) is 13.6. The minimum Gasteiger partial charge on any atom is -0.486 e. The maximum Gasteiger partial charge on any atom is 0.267 e. The molecule has 2 amide bonds. The number of fused-ring (bicyclic) bond motifs is 1. The number of carbonyl (C=O) groups excluding carboxylic acids is 2. The van der Waals surface area contributed by atoms with Gasteiger partial charge in [-0.2, -0.15) is 5.10 Å². The van der Waals surface area contributed by atoms with Crippen molar-refractivity contribution in [3.63, 3.8) is 0 Å². The first kappa shape index (κ1) is 18.0. The standard InChI is InChI=1S/C21H21N3O4/c1-14(15-7-9-18-19(13-15)28-12-11-27-18)22-21(26)17-8-10-20(25)24(23-17)16-5-3-2-4-6-16/h2-7,9,13-14H,8,10-12H2,1H3,(H,22,26)/t14-/m0/s1. The number of para-hydroxylation sites is 1. The fraction of sp³-hybridized carbons (Fsp3) is 0.286. The number of ether oxygens (including phenoxy) is 2. The molecular weight excluding hydrogens is 358 g/mol. The van der Waals surface area contributed by atoms with Gasteiger partial charge in [-0.1, -0.05) is 24.3 Å². The Bertz CT molecular complexity index is 927. The van der Waals surface area contributed by atoms with Crippen molar-refractivity contribution >= 4 is 23.2 Å². The van der Waals surface area contributed by atoms with Crippen LogP contribution in [0.5, 0.6) is 11.5 Å². The van der Waals surface area contributed by atoms with Gasteiger partial charge in [0.1, 0.15) is 18.9 Å². The Hall–Kier alpha value is -3.35. The second-order valence-corrected chi connectivity index (χ2v) is 6.69. The number of hydrogen-bond acceptors (Lipinski definition) is 5. The Morgan fingerprint density at radius 2 is 1.82 bits per heavy atom. The van der Waals surface area contributed by atoms with Gasteiger partial charge in [-0.25, -0.2) is 5.01 Å². The molecule has 2 aliphatic heterocycles. The van der Waals surface area contributed by atoms with Gasteiger partial charge in [0, 0.05) is 12.8 Å². The average molecular weight is 379 g/mol. The highest BCUT2D eigenvalue weighted by atomic mass is 16.6. The molecule has 0 unspecified atom stereocenters. The molecule has 0 bridgehead atoms. The largest absolute Gasteiger partial charge is 0.486 e. The Balaban J connectivity index is 1.49. The normalized spacial score (nSPS) is 17.0. The second kappa shape index (κ2) is 7.72. The maximum atomic E-state index is 12.7. The van der Waals surface area contributed by atoms with Crippen LogP contribution in [0.4, 0.5) is 5.69 Å². The molecule has 0 aromatic heterocycles. The van der Waals surface area contributed by atoms with E-state index in [4.69, 9.17) is 9.47 Å². The molecule has 2 heterocycles. The first-order valence-electron chi connectivity index (χ1n) is 9.28. The van der Waals surface area contributed by atoms with Crippen LogP contribution in [0.1, 0.15) is 31.4 Å². The van der Waals surface area contributed by atoms with Crippen LogP contribution in [-0.4, -0.2) is 30.7 Å². The van der Waals surface area contributed by atoms with Crippen molar-refractivity contribution in [2.45, 2.75) is 25.8 Å². The summed E-state index contributed by atoms with van der Waals surface area (Å²) in [4.78, 5) is 24.9. The molecule has 0 saturated carbocycles. The van der Waals surface area contributed by atoms with E-state index in [0.29, 0.717) is 42.5 Å². The van der Waals surface area contributed by atoms with Crippen LogP contribution >= 0.6 is 0 Å². The summed E-state index contributed by atoms with van der Waals surface area (Å²) in [5.74, 6) is 0.987. The molecular formula is C21H21N3O4. The summed E-state index contributed by atoms with van der Waals surface area (Å²) >= 11 is 0. The van der Waals surface area contributed by atoms with E-state index in [9.17, 15) is 9.59 Å². The Kier molecular flexibility index (Phi) is 4.97. The molecule has 2 aliphatic rings. The fourth-order valence-electron chi connectivity index (χ4n) is 3.18. The second-order valence-electron chi connectivity index (χ2n) is 6.69. The van der Waals surface area contributed by atoms with Crippen molar-refractivity contribution in [1.82, 2.24) is 5.32 Å². The van der Waals surface area contributed by atoms with Crippen molar-refractivity contribution in [1.29, 1.82) is 0 Å². The van der Waals surface area contributed by atoms with E-state index in [-0.39, 0.29) is 24.3 Å². The SMILES string of the molecule is C[C@H](NC(=O)C1=NN(c2ccccc2)C(=O)CC1)c1ccc2c(c1)OCCO2. The first-order valence-corrected chi connectivity index (χ1v) is 9.28. The fourth-order valence-corrected chi connectivity index (χ4v) is 3.18. The average Bonchev–Trinajstić information content (AvgIpc) is 2.74. The van der Waals surface area contributed by atoms with Gasteiger partial charge in [-0.15, -0.1) is 0 Å².